The van der Waals surface area contributed by atoms with Crippen molar-refractivity contribution < 1.29 is 47.8 Å². The highest BCUT2D eigenvalue weighted by Crippen LogP contribution is 2.43. The number of rotatable bonds is 42. The van der Waals surface area contributed by atoms with Crippen LogP contribution >= 0.6 is 7.82 Å². The van der Waals surface area contributed by atoms with Gasteiger partial charge < -0.3 is 25.2 Å². The van der Waals surface area contributed by atoms with E-state index in [1.54, 1.807) is 0 Å². The van der Waals surface area contributed by atoms with Gasteiger partial charge in [0.25, 0.3) is 0 Å². The molecule has 0 aliphatic rings. The number of carbonyl (C=O) groups excluding carboxylic acids is 2. The Balaban J connectivity index is 3.90. The highest BCUT2D eigenvalue weighted by atomic mass is 31.2. The van der Waals surface area contributed by atoms with Crippen molar-refractivity contribution in [3.63, 3.8) is 0 Å². The van der Waals surface area contributed by atoms with Gasteiger partial charge in [-0.2, -0.15) is 0 Å². The molecule has 4 N–H and O–H groups in total. The average Bonchev–Trinajstić information content (AvgIpc) is 3.17. The Morgan fingerprint density at radius 3 is 1.48 bits per heavy atom. The van der Waals surface area contributed by atoms with E-state index < -0.39 is 57.6 Å². The van der Waals surface area contributed by atoms with Gasteiger partial charge in [-0.05, 0) is 44.9 Å². The van der Waals surface area contributed by atoms with Crippen LogP contribution in [0.3, 0.4) is 0 Å². The van der Waals surface area contributed by atoms with Crippen molar-refractivity contribution in [2.45, 2.75) is 219 Å². The predicted octanol–water partition coefficient (Wildman–Crippen LogP) is 11.4. The summed E-state index contributed by atoms with van der Waals surface area (Å²) in [4.78, 5) is 45.9. The van der Waals surface area contributed by atoms with E-state index in [4.69, 9.17) is 13.8 Å². The molecule has 0 aromatic rings. The number of allylic oxidation sites excluding steroid dienone is 4. The average molecular weight is 816 g/mol. The third-order valence-corrected chi connectivity index (χ3v) is 10.7. The predicted molar refractivity (Wildman–Crippen MR) is 226 cm³/mol. The van der Waals surface area contributed by atoms with E-state index in [1.165, 1.54) is 103 Å². The number of phosphoric ester groups is 1. The molecule has 3 unspecified atom stereocenters. The van der Waals surface area contributed by atoms with Crippen molar-refractivity contribution >= 4 is 25.7 Å². The first-order valence-corrected chi connectivity index (χ1v) is 23.9. The van der Waals surface area contributed by atoms with E-state index in [2.05, 4.69) is 43.5 Å². The number of carboxylic acids is 1. The van der Waals surface area contributed by atoms with Crippen molar-refractivity contribution in [2.75, 3.05) is 19.8 Å². The van der Waals surface area contributed by atoms with E-state index in [0.29, 0.717) is 12.8 Å². The van der Waals surface area contributed by atoms with E-state index in [0.717, 1.165) is 64.2 Å². The summed E-state index contributed by atoms with van der Waals surface area (Å²) in [5.74, 6) is -2.38. The number of ether oxygens (including phenoxy) is 1. The summed E-state index contributed by atoms with van der Waals surface area (Å²) in [6.07, 6.45) is 40.5. The van der Waals surface area contributed by atoms with Gasteiger partial charge in [-0.1, -0.05) is 173 Å². The number of phosphoric acid groups is 1. The van der Waals surface area contributed by atoms with E-state index in [-0.39, 0.29) is 12.8 Å². The van der Waals surface area contributed by atoms with Crippen LogP contribution in [0.2, 0.25) is 0 Å². The van der Waals surface area contributed by atoms with Crippen LogP contribution in [0.1, 0.15) is 206 Å². The van der Waals surface area contributed by atoms with Crippen LogP contribution < -0.4 is 5.32 Å². The fraction of sp³-hybridized carbons (Fsp3) is 0.841. The fourth-order valence-electron chi connectivity index (χ4n) is 6.23. The molecule has 0 heterocycles. The molecule has 0 aromatic carbocycles. The number of carbonyl (C=O) groups is 3. The Morgan fingerprint density at radius 2 is 0.982 bits per heavy atom. The molecule has 0 aromatic heterocycles. The smallest absolute Gasteiger partial charge is 0.472 e. The quantitative estimate of drug-likeness (QED) is 0.0201. The molecule has 0 spiro atoms. The van der Waals surface area contributed by atoms with Crippen LogP contribution in [0, 0.1) is 0 Å². The molecule has 1 amide bonds. The van der Waals surface area contributed by atoms with Crippen molar-refractivity contribution in [2.24, 2.45) is 0 Å². The minimum atomic E-state index is -4.76. The summed E-state index contributed by atoms with van der Waals surface area (Å²) in [5, 5.41) is 21.8. The van der Waals surface area contributed by atoms with Crippen LogP contribution in [-0.2, 0) is 32.7 Å². The number of unbranched alkanes of at least 4 members (excludes halogenated alkanes) is 24. The number of aliphatic carboxylic acids is 1. The van der Waals surface area contributed by atoms with Gasteiger partial charge in [-0.25, -0.2) is 9.36 Å². The molecule has 56 heavy (non-hydrogen) atoms. The Morgan fingerprint density at radius 1 is 0.571 bits per heavy atom. The lowest BCUT2D eigenvalue weighted by molar-refractivity contribution is -0.147. The molecule has 12 heteroatoms. The van der Waals surface area contributed by atoms with E-state index in [9.17, 15) is 34.1 Å². The van der Waals surface area contributed by atoms with Gasteiger partial charge in [0, 0.05) is 12.8 Å². The van der Waals surface area contributed by atoms with E-state index in [1.807, 2.05) is 0 Å². The molecule has 0 saturated carbocycles. The van der Waals surface area contributed by atoms with Crippen LogP contribution in [-0.4, -0.2) is 64.9 Å². The summed E-state index contributed by atoms with van der Waals surface area (Å²) in [6.45, 7) is 2.57. The molecule has 0 radical (unpaired) electrons. The van der Waals surface area contributed by atoms with Crippen molar-refractivity contribution in [3.05, 3.63) is 24.3 Å². The molecule has 0 fully saturated rings. The first-order chi connectivity index (χ1) is 27.1. The Kier molecular flexibility index (Phi) is 38.3. The first kappa shape index (κ1) is 54.0. The highest BCUT2D eigenvalue weighted by Gasteiger charge is 2.28. The van der Waals surface area contributed by atoms with Gasteiger partial charge in [-0.3, -0.25) is 18.6 Å². The van der Waals surface area contributed by atoms with Gasteiger partial charge in [-0.15, -0.1) is 0 Å². The summed E-state index contributed by atoms with van der Waals surface area (Å²) >= 11 is 0. The molecular weight excluding hydrogens is 733 g/mol. The van der Waals surface area contributed by atoms with Crippen molar-refractivity contribution in [1.82, 2.24) is 5.32 Å². The monoisotopic (exact) mass is 816 g/mol. The maximum atomic E-state index is 12.3. The minimum absolute atomic E-state index is 0.149. The summed E-state index contributed by atoms with van der Waals surface area (Å²) < 4.78 is 26.8. The number of carboxylic acid groups (broad SMARTS) is 1. The number of amides is 1. The SMILES string of the molecule is CCCCC/C=C\C/C=C\CCCCCCCC(=O)OCC(O)COP(=O)(O)OCC(NC(=O)CCCCCCCCCCCCCCCCCCC)C(=O)O. The topological polar surface area (TPSA) is 169 Å². The first-order valence-electron chi connectivity index (χ1n) is 22.4. The van der Waals surface area contributed by atoms with Crippen LogP contribution in [0.5, 0.6) is 0 Å². The zero-order valence-corrected chi connectivity index (χ0v) is 36.3. The Labute approximate surface area is 340 Å². The van der Waals surface area contributed by atoms with Gasteiger partial charge in [0.1, 0.15) is 12.7 Å². The number of nitrogens with one attached hydrogen (secondary N) is 1. The molecule has 0 bridgehead atoms. The van der Waals surface area contributed by atoms with Gasteiger partial charge in [0.15, 0.2) is 6.04 Å². The molecule has 0 aliphatic carbocycles. The fourth-order valence-corrected chi connectivity index (χ4v) is 7.00. The summed E-state index contributed by atoms with van der Waals surface area (Å²) in [7, 11) is -4.76. The van der Waals surface area contributed by atoms with Crippen LogP contribution in [0.15, 0.2) is 24.3 Å². The molecule has 328 valence electrons. The Bertz CT molecular complexity index is 1050. The molecule has 11 nitrogen and oxygen atoms in total. The minimum Gasteiger partial charge on any atom is -0.480 e. The normalized spacial score (nSPS) is 13.9. The second kappa shape index (κ2) is 39.8. The standard InChI is InChI=1S/C44H82NO10P/c1-3-5-7-9-11-13-15-17-19-20-22-23-25-27-29-31-33-35-42(47)45-41(44(49)50)39-55-56(51,52)54-38-40(46)37-53-43(48)36-34-32-30-28-26-24-21-18-16-14-12-10-8-6-4-2/h12,14,18,21,40-41,46H,3-11,13,15-17,19-20,22-39H2,1-2H3,(H,45,47)(H,49,50)(H,51,52)/b14-12-,21-18-. The molecular formula is C44H82NO10P. The van der Waals surface area contributed by atoms with Crippen LogP contribution in [0.4, 0.5) is 0 Å². The number of aliphatic hydroxyl groups is 1. The van der Waals surface area contributed by atoms with Gasteiger partial charge in [0.05, 0.1) is 13.2 Å². The molecule has 0 rings (SSSR count). The second-order valence-electron chi connectivity index (χ2n) is 15.2. The number of hydrogen-bond acceptors (Lipinski definition) is 8. The van der Waals surface area contributed by atoms with Gasteiger partial charge >= 0.3 is 19.8 Å². The lowest BCUT2D eigenvalue weighted by Gasteiger charge is -2.18. The number of aliphatic hydroxyl groups excluding tert-OH is 1. The zero-order chi connectivity index (χ0) is 41.4. The largest absolute Gasteiger partial charge is 0.480 e. The molecule has 0 aliphatic heterocycles. The van der Waals surface area contributed by atoms with E-state index >= 15 is 0 Å². The lowest BCUT2D eigenvalue weighted by atomic mass is 10.0. The third-order valence-electron chi connectivity index (χ3n) is 9.74. The van der Waals surface area contributed by atoms with Crippen LogP contribution in [0.25, 0.3) is 0 Å². The maximum absolute atomic E-state index is 12.3. The molecule has 0 saturated heterocycles. The number of hydrogen-bond donors (Lipinski definition) is 4. The van der Waals surface area contributed by atoms with Crippen molar-refractivity contribution in [3.8, 4) is 0 Å². The lowest BCUT2D eigenvalue weighted by Crippen LogP contribution is -2.43. The summed E-state index contributed by atoms with van der Waals surface area (Å²) in [6, 6.07) is -1.54. The zero-order valence-electron chi connectivity index (χ0n) is 35.4. The highest BCUT2D eigenvalue weighted by molar-refractivity contribution is 7.47. The Hall–Kier alpha value is -2.04. The third kappa shape index (κ3) is 38.8. The number of esters is 1. The summed E-state index contributed by atoms with van der Waals surface area (Å²) in [5.41, 5.74) is 0. The van der Waals surface area contributed by atoms with Gasteiger partial charge in [0.2, 0.25) is 5.91 Å². The molecule has 3 atom stereocenters. The van der Waals surface area contributed by atoms with Crippen molar-refractivity contribution in [1.29, 1.82) is 0 Å². The maximum Gasteiger partial charge on any atom is 0.472 e. The second-order valence-corrected chi connectivity index (χ2v) is 16.7.